The Hall–Kier alpha value is -1.27. The minimum atomic E-state index is -4.42. The number of benzene rings is 1. The van der Waals surface area contributed by atoms with Gasteiger partial charge in [-0.25, -0.2) is 0 Å². The summed E-state index contributed by atoms with van der Waals surface area (Å²) in [6.45, 7) is 1.75. The van der Waals surface area contributed by atoms with Gasteiger partial charge in [0, 0.05) is 4.47 Å². The van der Waals surface area contributed by atoms with Crippen LogP contribution in [-0.4, -0.2) is 0 Å². The third kappa shape index (κ3) is 3.01. The number of rotatable bonds is 2. The highest BCUT2D eigenvalue weighted by Gasteiger charge is 2.33. The minimum absolute atomic E-state index is 0.00780. The fourth-order valence-electron chi connectivity index (χ4n) is 1.74. The van der Waals surface area contributed by atoms with Crippen molar-refractivity contribution in [2.75, 3.05) is 0 Å². The molecule has 0 saturated carbocycles. The molecule has 2 rings (SSSR count). The molecule has 0 spiro atoms. The van der Waals surface area contributed by atoms with Crippen molar-refractivity contribution in [1.82, 2.24) is 0 Å². The minimum Gasteiger partial charge on any atom is -0.464 e. The molecular weight excluding hydrogens is 323 g/mol. The van der Waals surface area contributed by atoms with Crippen LogP contribution >= 0.6 is 15.9 Å². The van der Waals surface area contributed by atoms with Crippen LogP contribution in [0.4, 0.5) is 13.2 Å². The van der Waals surface area contributed by atoms with Crippen LogP contribution in [0.3, 0.4) is 0 Å². The van der Waals surface area contributed by atoms with Crippen LogP contribution in [0.25, 0.3) is 0 Å². The van der Waals surface area contributed by atoms with E-state index in [2.05, 4.69) is 15.9 Å². The number of aryl methyl sites for hydroxylation is 1. The second-order valence-corrected chi connectivity index (χ2v) is 5.02. The van der Waals surface area contributed by atoms with E-state index in [4.69, 9.17) is 10.2 Å². The number of nitrogens with two attached hydrogens (primary N) is 1. The van der Waals surface area contributed by atoms with Crippen LogP contribution in [0.2, 0.25) is 0 Å². The Morgan fingerprint density at radius 2 is 1.89 bits per heavy atom. The van der Waals surface area contributed by atoms with E-state index in [9.17, 15) is 13.2 Å². The SMILES string of the molecule is Cc1ccc(C(N)c2ccc(Br)c(C(F)(F)F)c2)o1. The molecule has 1 aromatic heterocycles. The molecule has 2 aromatic rings. The predicted octanol–water partition coefficient (Wildman–Crippen LogP) is 4.42. The molecule has 2 nitrogen and oxygen atoms in total. The Balaban J connectivity index is 2.41. The summed E-state index contributed by atoms with van der Waals surface area (Å²) in [6.07, 6.45) is -4.42. The standard InChI is InChI=1S/C13H11BrF3NO/c1-7-2-5-11(19-7)12(18)8-3-4-10(14)9(6-8)13(15,16)17/h2-6,12H,18H2,1H3. The predicted molar refractivity (Wildman–Crippen MR) is 68.6 cm³/mol. The Kier molecular flexibility index (Phi) is 3.73. The van der Waals surface area contributed by atoms with Gasteiger partial charge in [-0.1, -0.05) is 22.0 Å². The first kappa shape index (κ1) is 14.1. The topological polar surface area (TPSA) is 39.2 Å². The third-order valence-electron chi connectivity index (χ3n) is 2.72. The van der Waals surface area contributed by atoms with Crippen molar-refractivity contribution >= 4 is 15.9 Å². The lowest BCUT2D eigenvalue weighted by molar-refractivity contribution is -0.138. The second-order valence-electron chi connectivity index (χ2n) is 4.16. The highest BCUT2D eigenvalue weighted by Crippen LogP contribution is 2.36. The van der Waals surface area contributed by atoms with Crippen molar-refractivity contribution in [2.24, 2.45) is 5.73 Å². The van der Waals surface area contributed by atoms with Gasteiger partial charge in [0.15, 0.2) is 0 Å². The van der Waals surface area contributed by atoms with Gasteiger partial charge in [-0.15, -0.1) is 0 Å². The van der Waals surface area contributed by atoms with Gasteiger partial charge < -0.3 is 10.2 Å². The van der Waals surface area contributed by atoms with Crippen molar-refractivity contribution < 1.29 is 17.6 Å². The molecule has 1 unspecified atom stereocenters. The Morgan fingerprint density at radius 1 is 1.21 bits per heavy atom. The zero-order valence-corrected chi connectivity index (χ0v) is 11.5. The molecule has 0 saturated heterocycles. The third-order valence-corrected chi connectivity index (χ3v) is 3.41. The molecule has 19 heavy (non-hydrogen) atoms. The molecule has 0 fully saturated rings. The lowest BCUT2D eigenvalue weighted by Crippen LogP contribution is -2.13. The molecule has 0 aliphatic carbocycles. The van der Waals surface area contributed by atoms with Crippen LogP contribution in [0.15, 0.2) is 39.2 Å². The molecule has 2 N–H and O–H groups in total. The zero-order chi connectivity index (χ0) is 14.2. The second kappa shape index (κ2) is 5.02. The molecule has 102 valence electrons. The molecule has 1 heterocycles. The maximum absolute atomic E-state index is 12.8. The quantitative estimate of drug-likeness (QED) is 0.883. The lowest BCUT2D eigenvalue weighted by Gasteiger charge is -2.14. The average molecular weight is 334 g/mol. The Bertz CT molecular complexity index is 592. The van der Waals surface area contributed by atoms with Gasteiger partial charge >= 0.3 is 6.18 Å². The van der Waals surface area contributed by atoms with Crippen LogP contribution < -0.4 is 5.73 Å². The van der Waals surface area contributed by atoms with Gasteiger partial charge in [0.25, 0.3) is 0 Å². The summed E-state index contributed by atoms with van der Waals surface area (Å²) in [6, 6.07) is 6.58. The number of hydrogen-bond acceptors (Lipinski definition) is 2. The number of alkyl halides is 3. The van der Waals surface area contributed by atoms with Crippen LogP contribution in [0, 0.1) is 6.92 Å². The van der Waals surface area contributed by atoms with Crippen LogP contribution in [0.1, 0.15) is 28.7 Å². The summed E-state index contributed by atoms with van der Waals surface area (Å²) >= 11 is 2.89. The van der Waals surface area contributed by atoms with Crippen molar-refractivity contribution in [3.8, 4) is 0 Å². The first-order chi connectivity index (χ1) is 8.79. The molecule has 0 bridgehead atoms. The van der Waals surface area contributed by atoms with Gasteiger partial charge in [0.1, 0.15) is 11.5 Å². The smallest absolute Gasteiger partial charge is 0.417 e. The summed E-state index contributed by atoms with van der Waals surface area (Å²) in [5, 5.41) is 0. The van der Waals surface area contributed by atoms with Crippen LogP contribution in [0.5, 0.6) is 0 Å². The summed E-state index contributed by atoms with van der Waals surface area (Å²) in [5.74, 6) is 1.10. The van der Waals surface area contributed by atoms with E-state index in [0.717, 1.165) is 6.07 Å². The number of furan rings is 1. The largest absolute Gasteiger partial charge is 0.464 e. The van der Waals surface area contributed by atoms with E-state index in [1.165, 1.54) is 6.07 Å². The molecule has 0 aliphatic heterocycles. The first-order valence-corrected chi connectivity index (χ1v) is 6.27. The van der Waals surface area contributed by atoms with Crippen LogP contribution in [-0.2, 0) is 6.18 Å². The normalized spacial score (nSPS) is 13.6. The first-order valence-electron chi connectivity index (χ1n) is 5.47. The van der Waals surface area contributed by atoms with E-state index in [-0.39, 0.29) is 4.47 Å². The fourth-order valence-corrected chi connectivity index (χ4v) is 2.21. The zero-order valence-electron chi connectivity index (χ0n) is 9.96. The van der Waals surface area contributed by atoms with Gasteiger partial charge in [0.05, 0.1) is 11.6 Å². The number of halogens is 4. The monoisotopic (exact) mass is 333 g/mol. The fraction of sp³-hybridized carbons (Fsp3) is 0.231. The summed E-state index contributed by atoms with van der Waals surface area (Å²) in [5.41, 5.74) is 5.52. The lowest BCUT2D eigenvalue weighted by atomic mass is 10.0. The summed E-state index contributed by atoms with van der Waals surface area (Å²) < 4.78 is 43.7. The Morgan fingerprint density at radius 3 is 2.42 bits per heavy atom. The maximum Gasteiger partial charge on any atom is 0.417 e. The Labute approximate surface area is 116 Å². The molecule has 1 atom stereocenters. The summed E-state index contributed by atoms with van der Waals surface area (Å²) in [4.78, 5) is 0. The van der Waals surface area contributed by atoms with Crippen molar-refractivity contribution in [2.45, 2.75) is 19.1 Å². The highest BCUT2D eigenvalue weighted by molar-refractivity contribution is 9.10. The molecule has 1 aromatic carbocycles. The van der Waals surface area contributed by atoms with Crippen molar-refractivity contribution in [3.05, 3.63) is 57.5 Å². The van der Waals surface area contributed by atoms with E-state index in [1.54, 1.807) is 25.1 Å². The van der Waals surface area contributed by atoms with Gasteiger partial charge in [0.2, 0.25) is 0 Å². The van der Waals surface area contributed by atoms with E-state index in [0.29, 0.717) is 17.1 Å². The van der Waals surface area contributed by atoms with Gasteiger partial charge in [-0.3, -0.25) is 0 Å². The molecule has 0 aliphatic rings. The molecule has 6 heteroatoms. The highest BCUT2D eigenvalue weighted by atomic mass is 79.9. The molecule has 0 radical (unpaired) electrons. The van der Waals surface area contributed by atoms with E-state index >= 15 is 0 Å². The van der Waals surface area contributed by atoms with Gasteiger partial charge in [-0.2, -0.15) is 13.2 Å². The summed E-state index contributed by atoms with van der Waals surface area (Å²) in [7, 11) is 0. The molecule has 0 amide bonds. The van der Waals surface area contributed by atoms with E-state index in [1.807, 2.05) is 0 Å². The average Bonchev–Trinajstić information content (AvgIpc) is 2.74. The van der Waals surface area contributed by atoms with Gasteiger partial charge in [-0.05, 0) is 36.8 Å². The van der Waals surface area contributed by atoms with Crippen molar-refractivity contribution in [3.63, 3.8) is 0 Å². The van der Waals surface area contributed by atoms with E-state index < -0.39 is 17.8 Å². The van der Waals surface area contributed by atoms with Crippen molar-refractivity contribution in [1.29, 1.82) is 0 Å². The maximum atomic E-state index is 12.8. The molecular formula is C13H11BrF3NO. The number of hydrogen-bond donors (Lipinski definition) is 1.